The molecule has 1 N–H and O–H groups in total. The average Bonchev–Trinajstić information content (AvgIpc) is 2.72. The Kier molecular flexibility index (Phi) is 9.18. The van der Waals surface area contributed by atoms with Gasteiger partial charge in [0.25, 0.3) is 10.0 Å². The van der Waals surface area contributed by atoms with E-state index in [1.165, 1.54) is 24.3 Å². The highest BCUT2D eigenvalue weighted by Gasteiger charge is 2.27. The molecule has 30 heavy (non-hydrogen) atoms. The van der Waals surface area contributed by atoms with Crippen LogP contribution in [0.4, 0.5) is 5.69 Å². The highest BCUT2D eigenvalue weighted by atomic mass is 35.5. The van der Waals surface area contributed by atoms with Crippen LogP contribution < -0.4 is 9.62 Å². The average molecular weight is 451 g/mol. The van der Waals surface area contributed by atoms with Gasteiger partial charge >= 0.3 is 0 Å². The largest absolute Gasteiger partial charge is 0.354 e. The molecule has 0 aliphatic carbocycles. The van der Waals surface area contributed by atoms with E-state index in [1.54, 1.807) is 18.2 Å². The van der Waals surface area contributed by atoms with Crippen LogP contribution in [0.15, 0.2) is 53.4 Å². The fourth-order valence-electron chi connectivity index (χ4n) is 3.22. The zero-order chi connectivity index (χ0) is 22.1. The number of sulfonamides is 1. The summed E-state index contributed by atoms with van der Waals surface area (Å²) >= 11 is 5.91. The number of benzene rings is 2. The van der Waals surface area contributed by atoms with Crippen molar-refractivity contribution in [2.75, 3.05) is 17.4 Å². The molecule has 7 heteroatoms. The number of rotatable bonds is 11. The fourth-order valence-corrected chi connectivity index (χ4v) is 4.76. The highest BCUT2D eigenvalue weighted by Crippen LogP contribution is 2.25. The standard InChI is InChI=1S/C23H31ClN2O3S/c1-4-6-9-19(5-2)16-25-23(27)17-26(21-10-7-8-18(3)15-21)30(28,29)22-13-11-20(24)12-14-22/h7-8,10-15,19H,4-6,9,16-17H2,1-3H3,(H,25,27)/t19-/m0/s1. The Hall–Kier alpha value is -2.05. The number of nitrogens with zero attached hydrogens (tertiary/aromatic N) is 1. The van der Waals surface area contributed by atoms with E-state index in [4.69, 9.17) is 11.6 Å². The molecule has 2 aromatic carbocycles. The Morgan fingerprint density at radius 3 is 2.43 bits per heavy atom. The number of anilines is 1. The van der Waals surface area contributed by atoms with Gasteiger partial charge in [-0.1, -0.05) is 56.8 Å². The molecule has 0 fully saturated rings. The monoisotopic (exact) mass is 450 g/mol. The van der Waals surface area contributed by atoms with Crippen LogP contribution in [0.2, 0.25) is 5.02 Å². The lowest BCUT2D eigenvalue weighted by Gasteiger charge is -2.25. The van der Waals surface area contributed by atoms with Crippen LogP contribution in [0.3, 0.4) is 0 Å². The fraction of sp³-hybridized carbons (Fsp3) is 0.435. The van der Waals surface area contributed by atoms with E-state index in [0.29, 0.717) is 23.2 Å². The minimum Gasteiger partial charge on any atom is -0.354 e. The second-order valence-corrected chi connectivity index (χ2v) is 9.82. The highest BCUT2D eigenvalue weighted by molar-refractivity contribution is 7.92. The Morgan fingerprint density at radius 1 is 1.13 bits per heavy atom. The SMILES string of the molecule is CCCC[C@H](CC)CNC(=O)CN(c1cccc(C)c1)S(=O)(=O)c1ccc(Cl)cc1. The molecule has 5 nitrogen and oxygen atoms in total. The van der Waals surface area contributed by atoms with Crippen molar-refractivity contribution < 1.29 is 13.2 Å². The molecule has 0 aliphatic heterocycles. The molecule has 1 amide bonds. The first-order valence-electron chi connectivity index (χ1n) is 10.4. The van der Waals surface area contributed by atoms with Crippen molar-refractivity contribution in [3.8, 4) is 0 Å². The quantitative estimate of drug-likeness (QED) is 0.513. The van der Waals surface area contributed by atoms with Crippen molar-refractivity contribution in [2.24, 2.45) is 5.92 Å². The van der Waals surface area contributed by atoms with Crippen LogP contribution in [0.5, 0.6) is 0 Å². The molecule has 0 saturated carbocycles. The van der Waals surface area contributed by atoms with Crippen molar-refractivity contribution in [1.82, 2.24) is 5.32 Å². The maximum Gasteiger partial charge on any atom is 0.264 e. The van der Waals surface area contributed by atoms with E-state index in [0.717, 1.165) is 35.6 Å². The second-order valence-electron chi connectivity index (χ2n) is 7.53. The third-order valence-corrected chi connectivity index (χ3v) is 7.15. The summed E-state index contributed by atoms with van der Waals surface area (Å²) in [5.74, 6) is 0.0817. The predicted molar refractivity (Wildman–Crippen MR) is 123 cm³/mol. The summed E-state index contributed by atoms with van der Waals surface area (Å²) in [4.78, 5) is 12.8. The molecule has 0 spiro atoms. The van der Waals surface area contributed by atoms with Crippen LogP contribution in [-0.2, 0) is 14.8 Å². The number of amides is 1. The summed E-state index contributed by atoms with van der Waals surface area (Å²) in [6, 6.07) is 13.1. The Labute approximate surface area is 185 Å². The third kappa shape index (κ3) is 6.74. The molecule has 0 radical (unpaired) electrons. The first-order valence-corrected chi connectivity index (χ1v) is 12.2. The van der Waals surface area contributed by atoms with E-state index >= 15 is 0 Å². The number of unbranched alkanes of at least 4 members (excludes halogenated alkanes) is 1. The van der Waals surface area contributed by atoms with Crippen molar-refractivity contribution in [1.29, 1.82) is 0 Å². The topological polar surface area (TPSA) is 66.5 Å². The van der Waals surface area contributed by atoms with Gasteiger partial charge in [0.15, 0.2) is 0 Å². The van der Waals surface area contributed by atoms with Gasteiger partial charge in [0.1, 0.15) is 6.54 Å². The number of hydrogen-bond donors (Lipinski definition) is 1. The van der Waals surface area contributed by atoms with Gasteiger partial charge in [-0.05, 0) is 61.2 Å². The molecule has 0 heterocycles. The van der Waals surface area contributed by atoms with Gasteiger partial charge in [0, 0.05) is 11.6 Å². The van der Waals surface area contributed by atoms with Gasteiger partial charge in [-0.15, -0.1) is 0 Å². The van der Waals surface area contributed by atoms with Gasteiger partial charge in [0.05, 0.1) is 10.6 Å². The van der Waals surface area contributed by atoms with E-state index in [-0.39, 0.29) is 17.3 Å². The van der Waals surface area contributed by atoms with E-state index < -0.39 is 10.0 Å². The number of nitrogens with one attached hydrogen (secondary N) is 1. The van der Waals surface area contributed by atoms with Gasteiger partial charge < -0.3 is 5.32 Å². The molecule has 0 aromatic heterocycles. The predicted octanol–water partition coefficient (Wildman–Crippen LogP) is 5.18. The summed E-state index contributed by atoms with van der Waals surface area (Å²) in [7, 11) is -3.93. The van der Waals surface area contributed by atoms with Crippen molar-refractivity contribution >= 4 is 33.2 Å². The third-order valence-electron chi connectivity index (χ3n) is 5.11. The van der Waals surface area contributed by atoms with Crippen molar-refractivity contribution in [3.05, 3.63) is 59.1 Å². The minimum atomic E-state index is -3.93. The summed E-state index contributed by atoms with van der Waals surface area (Å²) in [6.07, 6.45) is 4.27. The molecular weight excluding hydrogens is 420 g/mol. The lowest BCUT2D eigenvalue weighted by molar-refractivity contribution is -0.119. The van der Waals surface area contributed by atoms with Crippen LogP contribution in [0.25, 0.3) is 0 Å². The molecule has 0 aliphatic rings. The van der Waals surface area contributed by atoms with Crippen molar-refractivity contribution in [2.45, 2.75) is 51.3 Å². The maximum atomic E-state index is 13.3. The van der Waals surface area contributed by atoms with Crippen LogP contribution in [-0.4, -0.2) is 27.4 Å². The Balaban J connectivity index is 2.24. The van der Waals surface area contributed by atoms with Gasteiger partial charge in [-0.3, -0.25) is 9.10 Å². The zero-order valence-corrected chi connectivity index (χ0v) is 19.5. The van der Waals surface area contributed by atoms with Crippen LogP contribution in [0, 0.1) is 12.8 Å². The normalized spacial score (nSPS) is 12.4. The molecule has 1 atom stereocenters. The molecule has 0 saturated heterocycles. The van der Waals surface area contributed by atoms with Crippen LogP contribution in [0.1, 0.15) is 45.1 Å². The molecule has 0 bridgehead atoms. The summed E-state index contributed by atoms with van der Waals surface area (Å²) in [6.45, 7) is 6.41. The number of hydrogen-bond acceptors (Lipinski definition) is 3. The molecule has 2 rings (SSSR count). The number of carbonyl (C=O) groups is 1. The van der Waals surface area contributed by atoms with Crippen molar-refractivity contribution in [3.63, 3.8) is 0 Å². The summed E-state index contributed by atoms with van der Waals surface area (Å²) in [5, 5.41) is 3.37. The number of aryl methyl sites for hydroxylation is 1. The maximum absolute atomic E-state index is 13.3. The van der Waals surface area contributed by atoms with Crippen LogP contribution >= 0.6 is 11.6 Å². The number of carbonyl (C=O) groups excluding carboxylic acids is 1. The van der Waals surface area contributed by atoms with Gasteiger partial charge in [-0.25, -0.2) is 8.42 Å². The smallest absolute Gasteiger partial charge is 0.264 e. The minimum absolute atomic E-state index is 0.0931. The van der Waals surface area contributed by atoms with Gasteiger partial charge in [0.2, 0.25) is 5.91 Å². The summed E-state index contributed by atoms with van der Waals surface area (Å²) < 4.78 is 27.8. The molecule has 2 aromatic rings. The van der Waals surface area contributed by atoms with Gasteiger partial charge in [-0.2, -0.15) is 0 Å². The first kappa shape index (κ1) is 24.2. The molecule has 0 unspecified atom stereocenters. The van der Waals surface area contributed by atoms with E-state index in [2.05, 4.69) is 19.2 Å². The lowest BCUT2D eigenvalue weighted by Crippen LogP contribution is -2.42. The lowest BCUT2D eigenvalue weighted by atomic mass is 9.99. The van der Waals surface area contributed by atoms with E-state index in [9.17, 15) is 13.2 Å². The Morgan fingerprint density at radius 2 is 1.83 bits per heavy atom. The molecule has 164 valence electrons. The second kappa shape index (κ2) is 11.4. The number of halogens is 1. The zero-order valence-electron chi connectivity index (χ0n) is 17.9. The Bertz CT molecular complexity index is 930. The first-order chi connectivity index (χ1) is 14.3. The summed E-state index contributed by atoms with van der Waals surface area (Å²) in [5.41, 5.74) is 1.37. The molecular formula is C23H31ClN2O3S. The van der Waals surface area contributed by atoms with E-state index in [1.807, 2.05) is 13.0 Å².